The van der Waals surface area contributed by atoms with Crippen LogP contribution in [0.25, 0.3) is 22.3 Å². The average Bonchev–Trinajstić information content (AvgIpc) is 2.94. The van der Waals surface area contributed by atoms with Gasteiger partial charge >= 0.3 is 0 Å². The van der Waals surface area contributed by atoms with Gasteiger partial charge < -0.3 is 4.74 Å². The number of nitrogens with zero attached hydrogens (tertiary/aromatic N) is 3. The topological polar surface area (TPSA) is 39.9 Å². The van der Waals surface area contributed by atoms with E-state index in [2.05, 4.69) is 45.7 Å². The molecule has 0 saturated carbocycles. The number of hydrogen-bond donors (Lipinski definition) is 0. The van der Waals surface area contributed by atoms with Gasteiger partial charge in [0.05, 0.1) is 14.9 Å². The van der Waals surface area contributed by atoms with Gasteiger partial charge in [-0.3, -0.25) is 0 Å². The maximum absolute atomic E-state index is 14.3. The highest BCUT2D eigenvalue weighted by atomic mass is 79.9. The van der Waals surface area contributed by atoms with Crippen molar-refractivity contribution in [3.63, 3.8) is 0 Å². The number of benzene rings is 1. The molecule has 0 unspecified atom stereocenters. The van der Waals surface area contributed by atoms with Gasteiger partial charge in [0.1, 0.15) is 18.2 Å². The molecule has 0 N–H and O–H groups in total. The molecule has 1 aromatic carbocycles. The van der Waals surface area contributed by atoms with Crippen molar-refractivity contribution in [2.45, 2.75) is 32.4 Å². The largest absolute Gasteiger partial charge is 0.359 e. The summed E-state index contributed by atoms with van der Waals surface area (Å²) in [6.45, 7) is 7.81. The van der Waals surface area contributed by atoms with Crippen molar-refractivity contribution in [2.24, 2.45) is 0 Å². The minimum Gasteiger partial charge on any atom is -0.359 e. The summed E-state index contributed by atoms with van der Waals surface area (Å²) >= 11 is 9.85. The van der Waals surface area contributed by atoms with Crippen LogP contribution in [0.4, 0.5) is 4.39 Å². The van der Waals surface area contributed by atoms with E-state index in [1.54, 1.807) is 29.1 Å². The Morgan fingerprint density at radius 2 is 2.00 bits per heavy atom. The first kappa shape index (κ1) is 19.5. The lowest BCUT2D eigenvalue weighted by molar-refractivity contribution is 0.0814. The molecule has 3 aromatic rings. The van der Waals surface area contributed by atoms with E-state index in [4.69, 9.17) is 16.3 Å². The highest BCUT2D eigenvalue weighted by Gasteiger charge is 2.20. The third-order valence-corrected chi connectivity index (χ3v) is 6.92. The van der Waals surface area contributed by atoms with Crippen LogP contribution in [0.3, 0.4) is 0 Å². The van der Waals surface area contributed by atoms with Gasteiger partial charge in [0.25, 0.3) is 0 Å². The molecule has 0 atom stereocenters. The minimum atomic E-state index is -1.17. The fourth-order valence-corrected chi connectivity index (χ4v) is 3.82. The van der Waals surface area contributed by atoms with E-state index < -0.39 is 8.07 Å². The summed E-state index contributed by atoms with van der Waals surface area (Å²) in [5, 5.41) is 5.62. The number of hydrogen-bond acceptors (Lipinski definition) is 3. The number of fused-ring (bicyclic) bond motifs is 1. The zero-order valence-corrected chi connectivity index (χ0v) is 18.2. The van der Waals surface area contributed by atoms with E-state index >= 15 is 0 Å². The van der Waals surface area contributed by atoms with E-state index in [0.717, 1.165) is 6.04 Å². The van der Waals surface area contributed by atoms with Crippen LogP contribution in [-0.2, 0) is 11.5 Å². The van der Waals surface area contributed by atoms with Crippen LogP contribution in [0.5, 0.6) is 0 Å². The molecule has 0 bridgehead atoms. The Bertz CT molecular complexity index is 942. The number of rotatable bonds is 6. The van der Waals surface area contributed by atoms with Gasteiger partial charge in [-0.1, -0.05) is 43.4 Å². The molecule has 0 aliphatic carbocycles. The van der Waals surface area contributed by atoms with Crippen molar-refractivity contribution in [3.8, 4) is 11.3 Å². The van der Waals surface area contributed by atoms with Crippen LogP contribution in [0.15, 0.2) is 34.9 Å². The van der Waals surface area contributed by atoms with Gasteiger partial charge in [0.15, 0.2) is 5.65 Å². The standard InChI is InChI=1S/C18H20BrClFN3OSi/c1-26(2,3)9-8-25-11-24-18-15(16(20)13(19)10-22-18)17(23-24)12-6-4-5-7-14(12)21/h4-7,10H,8-9,11H2,1-3H3. The number of halogens is 3. The van der Waals surface area contributed by atoms with Gasteiger partial charge in [-0.15, -0.1) is 0 Å². The summed E-state index contributed by atoms with van der Waals surface area (Å²) in [5.74, 6) is -0.352. The summed E-state index contributed by atoms with van der Waals surface area (Å²) in [7, 11) is -1.17. The first-order valence-corrected chi connectivity index (χ1v) is 13.2. The van der Waals surface area contributed by atoms with Crippen LogP contribution in [0.1, 0.15) is 0 Å². The molecule has 0 fully saturated rings. The fourth-order valence-electron chi connectivity index (χ4n) is 2.54. The maximum Gasteiger partial charge on any atom is 0.162 e. The van der Waals surface area contributed by atoms with Gasteiger partial charge in [-0.2, -0.15) is 5.10 Å². The van der Waals surface area contributed by atoms with Crippen LogP contribution in [0, 0.1) is 5.82 Å². The Morgan fingerprint density at radius 1 is 1.27 bits per heavy atom. The molecule has 2 aromatic heterocycles. The third kappa shape index (κ3) is 4.17. The molecule has 0 saturated heterocycles. The number of aromatic nitrogens is 3. The molecule has 0 radical (unpaired) electrons. The fraction of sp³-hybridized carbons (Fsp3) is 0.333. The molecule has 8 heteroatoms. The predicted octanol–water partition coefficient (Wildman–Crippen LogP) is 5.97. The van der Waals surface area contributed by atoms with Crippen molar-refractivity contribution in [3.05, 3.63) is 45.8 Å². The van der Waals surface area contributed by atoms with Crippen molar-refractivity contribution < 1.29 is 9.13 Å². The van der Waals surface area contributed by atoms with E-state index in [1.807, 2.05) is 0 Å². The summed E-state index contributed by atoms with van der Waals surface area (Å²) in [6, 6.07) is 7.57. The minimum absolute atomic E-state index is 0.250. The molecule has 0 amide bonds. The van der Waals surface area contributed by atoms with E-state index in [0.29, 0.717) is 38.4 Å². The molecular weight excluding hydrogens is 437 g/mol. The molecule has 3 rings (SSSR count). The summed E-state index contributed by atoms with van der Waals surface area (Å²) in [6.07, 6.45) is 1.62. The Morgan fingerprint density at radius 3 is 2.69 bits per heavy atom. The second-order valence-corrected chi connectivity index (χ2v) is 14.1. The smallest absolute Gasteiger partial charge is 0.162 e. The van der Waals surface area contributed by atoms with Gasteiger partial charge in [-0.05, 0) is 34.1 Å². The summed E-state index contributed by atoms with van der Waals surface area (Å²) in [4.78, 5) is 4.42. The molecule has 4 nitrogen and oxygen atoms in total. The number of pyridine rings is 1. The zero-order valence-electron chi connectivity index (χ0n) is 14.9. The lowest BCUT2D eigenvalue weighted by atomic mass is 10.1. The van der Waals surface area contributed by atoms with Crippen molar-refractivity contribution in [1.29, 1.82) is 0 Å². The molecule has 2 heterocycles. The SMILES string of the molecule is C[Si](C)(C)CCOCn1nc(-c2ccccc2F)c2c(Cl)c(Br)cnc21. The highest BCUT2D eigenvalue weighted by Crippen LogP contribution is 2.37. The second kappa shape index (κ2) is 7.76. The van der Waals surface area contributed by atoms with Gasteiger partial charge in [-0.25, -0.2) is 14.1 Å². The van der Waals surface area contributed by atoms with E-state index in [-0.39, 0.29) is 12.5 Å². The molecule has 0 aliphatic rings. The van der Waals surface area contributed by atoms with E-state index in [1.165, 1.54) is 6.07 Å². The Balaban J connectivity index is 2.00. The molecule has 138 valence electrons. The lowest BCUT2D eigenvalue weighted by Gasteiger charge is -2.15. The quantitative estimate of drug-likeness (QED) is 0.339. The lowest BCUT2D eigenvalue weighted by Crippen LogP contribution is -2.22. The molecular formula is C18H20BrClFN3OSi. The number of ether oxygens (including phenoxy) is 1. The van der Waals surface area contributed by atoms with Crippen LogP contribution >= 0.6 is 27.5 Å². The monoisotopic (exact) mass is 455 g/mol. The van der Waals surface area contributed by atoms with Gasteiger partial charge in [0.2, 0.25) is 0 Å². The zero-order chi connectivity index (χ0) is 18.9. The predicted molar refractivity (Wildman–Crippen MR) is 110 cm³/mol. The molecule has 26 heavy (non-hydrogen) atoms. The average molecular weight is 457 g/mol. The summed E-state index contributed by atoms with van der Waals surface area (Å²) < 4.78 is 22.4. The van der Waals surface area contributed by atoms with Crippen LogP contribution in [-0.4, -0.2) is 29.4 Å². The van der Waals surface area contributed by atoms with Gasteiger partial charge in [0, 0.05) is 26.4 Å². The molecule has 0 aliphatic heterocycles. The molecule has 0 spiro atoms. The van der Waals surface area contributed by atoms with Crippen LogP contribution in [0.2, 0.25) is 30.7 Å². The van der Waals surface area contributed by atoms with Crippen LogP contribution < -0.4 is 0 Å². The van der Waals surface area contributed by atoms with Crippen molar-refractivity contribution in [2.75, 3.05) is 6.61 Å². The first-order chi connectivity index (χ1) is 12.3. The Labute approximate surface area is 166 Å². The highest BCUT2D eigenvalue weighted by molar-refractivity contribution is 9.10. The van der Waals surface area contributed by atoms with Crippen molar-refractivity contribution in [1.82, 2.24) is 14.8 Å². The Hall–Kier alpha value is -1.28. The first-order valence-electron chi connectivity index (χ1n) is 8.31. The van der Waals surface area contributed by atoms with E-state index in [9.17, 15) is 4.39 Å². The maximum atomic E-state index is 14.3. The van der Waals surface area contributed by atoms with Crippen molar-refractivity contribution >= 4 is 46.6 Å². The Kier molecular flexibility index (Phi) is 5.81. The summed E-state index contributed by atoms with van der Waals surface area (Å²) in [5.41, 5.74) is 1.43. The normalized spacial score (nSPS) is 12.1. The third-order valence-electron chi connectivity index (χ3n) is 3.99. The second-order valence-electron chi connectivity index (χ2n) is 7.29.